The second kappa shape index (κ2) is 10.9. The molecule has 0 bridgehead atoms. The van der Waals surface area contributed by atoms with Gasteiger partial charge < -0.3 is 20.7 Å². The van der Waals surface area contributed by atoms with Crippen molar-refractivity contribution >= 4 is 40.1 Å². The highest BCUT2D eigenvalue weighted by molar-refractivity contribution is 6.35. The van der Waals surface area contributed by atoms with Crippen molar-refractivity contribution in [3.8, 4) is 17.6 Å². The number of hydrogen-bond acceptors (Lipinski definition) is 6. The largest absolute Gasteiger partial charge is 0.496 e. The number of halogens is 1. The number of anilines is 1. The first kappa shape index (κ1) is 26.0. The summed E-state index contributed by atoms with van der Waals surface area (Å²) in [7, 11) is 1.51. The van der Waals surface area contributed by atoms with Gasteiger partial charge in [0.05, 0.1) is 40.8 Å². The van der Waals surface area contributed by atoms with Crippen molar-refractivity contribution < 1.29 is 14.3 Å². The van der Waals surface area contributed by atoms with E-state index in [-0.39, 0.29) is 23.7 Å². The molecule has 3 heterocycles. The maximum atomic E-state index is 12.5. The number of carbonyl (C=O) groups is 2. The number of likely N-dealkylation sites (tertiary alicyclic amines) is 1. The van der Waals surface area contributed by atoms with Crippen LogP contribution in [-0.4, -0.2) is 58.2 Å². The third-order valence-corrected chi connectivity index (χ3v) is 6.42. The Morgan fingerprint density at radius 1 is 1.38 bits per heavy atom. The van der Waals surface area contributed by atoms with Gasteiger partial charge >= 0.3 is 0 Å². The van der Waals surface area contributed by atoms with E-state index >= 15 is 0 Å². The number of hydrogen-bond donors (Lipinski definition) is 2. The highest BCUT2D eigenvalue weighted by Crippen LogP contribution is 2.34. The maximum Gasteiger partial charge on any atom is 0.255 e. The zero-order valence-corrected chi connectivity index (χ0v) is 21.8. The van der Waals surface area contributed by atoms with Gasteiger partial charge in [-0.3, -0.25) is 14.3 Å². The van der Waals surface area contributed by atoms with Gasteiger partial charge in [-0.15, -0.1) is 0 Å². The Hall–Kier alpha value is -4.03. The molecule has 1 saturated heterocycles. The van der Waals surface area contributed by atoms with Crippen molar-refractivity contribution in [3.05, 3.63) is 58.9 Å². The predicted molar refractivity (Wildman–Crippen MR) is 144 cm³/mol. The molecule has 4 rings (SSSR count). The zero-order valence-electron chi connectivity index (χ0n) is 21.0. The molecule has 0 spiro atoms. The predicted octanol–water partition coefficient (Wildman–Crippen LogP) is 3.42. The van der Waals surface area contributed by atoms with Crippen LogP contribution in [0.3, 0.4) is 0 Å². The van der Waals surface area contributed by atoms with Crippen molar-refractivity contribution in [1.29, 1.82) is 0 Å². The van der Waals surface area contributed by atoms with Gasteiger partial charge in [0.1, 0.15) is 17.3 Å². The van der Waals surface area contributed by atoms with Gasteiger partial charge in [0.2, 0.25) is 5.91 Å². The lowest BCUT2D eigenvalue weighted by Crippen LogP contribution is -2.27. The lowest BCUT2D eigenvalue weighted by molar-refractivity contribution is -0.125. The van der Waals surface area contributed by atoms with E-state index in [0.717, 1.165) is 0 Å². The van der Waals surface area contributed by atoms with E-state index in [1.54, 1.807) is 27.8 Å². The molecule has 0 saturated carbocycles. The number of nitrogen functional groups attached to an aromatic ring is 1. The molecule has 10 heteroatoms. The van der Waals surface area contributed by atoms with Gasteiger partial charge in [0.15, 0.2) is 0 Å². The smallest absolute Gasteiger partial charge is 0.255 e. The van der Waals surface area contributed by atoms with E-state index in [4.69, 9.17) is 27.2 Å². The van der Waals surface area contributed by atoms with E-state index in [2.05, 4.69) is 28.7 Å². The Morgan fingerprint density at radius 2 is 2.16 bits per heavy atom. The third-order valence-electron chi connectivity index (χ3n) is 6.15. The average molecular weight is 521 g/mol. The SMILES string of the molecule is C=CC(=O)N1CCC(n2nc(C#Cc3ccc(C(=O)NCC(C)C)c(OC)c3)c3c(N)ncc(Cl)c32)C1. The van der Waals surface area contributed by atoms with Crippen LogP contribution in [-0.2, 0) is 4.79 Å². The summed E-state index contributed by atoms with van der Waals surface area (Å²) in [4.78, 5) is 30.5. The highest BCUT2D eigenvalue weighted by Gasteiger charge is 2.30. The molecular formula is C27H29ClN6O3. The van der Waals surface area contributed by atoms with Crippen LogP contribution in [0.15, 0.2) is 37.1 Å². The second-order valence-corrected chi connectivity index (χ2v) is 9.62. The van der Waals surface area contributed by atoms with Crippen molar-refractivity contribution in [2.45, 2.75) is 26.3 Å². The summed E-state index contributed by atoms with van der Waals surface area (Å²) < 4.78 is 7.24. The molecule has 3 N–H and O–H groups in total. The summed E-state index contributed by atoms with van der Waals surface area (Å²) in [6.45, 7) is 9.26. The van der Waals surface area contributed by atoms with E-state index in [9.17, 15) is 9.59 Å². The molecule has 0 radical (unpaired) electrons. The van der Waals surface area contributed by atoms with E-state index in [0.29, 0.717) is 70.5 Å². The van der Waals surface area contributed by atoms with E-state index in [1.807, 2.05) is 13.8 Å². The number of carbonyl (C=O) groups excluding carboxylic acids is 2. The molecular weight excluding hydrogens is 492 g/mol. The monoisotopic (exact) mass is 520 g/mol. The normalized spacial score (nSPS) is 14.9. The summed E-state index contributed by atoms with van der Waals surface area (Å²) >= 11 is 6.52. The molecule has 2 amide bonds. The summed E-state index contributed by atoms with van der Waals surface area (Å²) in [5.41, 5.74) is 8.34. The minimum atomic E-state index is -0.205. The molecule has 37 heavy (non-hydrogen) atoms. The minimum absolute atomic E-state index is 0.0926. The summed E-state index contributed by atoms with van der Waals surface area (Å²) in [6.07, 6.45) is 3.51. The first-order valence-corrected chi connectivity index (χ1v) is 12.3. The summed E-state index contributed by atoms with van der Waals surface area (Å²) in [5, 5.41) is 8.59. The topological polar surface area (TPSA) is 115 Å². The van der Waals surface area contributed by atoms with Gasteiger partial charge in [0.25, 0.3) is 5.91 Å². The molecule has 192 valence electrons. The molecule has 1 atom stereocenters. The number of amides is 2. The standard InChI is InChI=1S/C27H29ClN6O3/c1-5-23(35)33-11-10-18(15-33)34-25-20(28)14-30-26(29)24(25)21(32-34)9-7-17-6-8-19(22(12-17)37-4)27(36)31-13-16(2)3/h5-6,8,12,14,16,18H,1,10-11,13,15H2,2-4H3,(H2,29,30)(H,31,36). The molecule has 1 aliphatic rings. The van der Waals surface area contributed by atoms with Crippen LogP contribution < -0.4 is 15.8 Å². The number of rotatable bonds is 6. The number of methoxy groups -OCH3 is 1. The van der Waals surface area contributed by atoms with Crippen LogP contribution in [0, 0.1) is 17.8 Å². The Balaban J connectivity index is 1.69. The van der Waals surface area contributed by atoms with Gasteiger partial charge in [-0.1, -0.05) is 37.9 Å². The van der Waals surface area contributed by atoms with Crippen LogP contribution in [0.5, 0.6) is 5.75 Å². The lowest BCUT2D eigenvalue weighted by atomic mass is 10.1. The Morgan fingerprint density at radius 3 is 2.86 bits per heavy atom. The van der Waals surface area contributed by atoms with Crippen molar-refractivity contribution in [3.63, 3.8) is 0 Å². The number of benzene rings is 1. The first-order chi connectivity index (χ1) is 17.7. The molecule has 3 aromatic rings. The van der Waals surface area contributed by atoms with Crippen molar-refractivity contribution in [2.24, 2.45) is 5.92 Å². The fourth-order valence-electron chi connectivity index (χ4n) is 4.26. The number of nitrogens with two attached hydrogens (primary N) is 1. The van der Waals surface area contributed by atoms with Gasteiger partial charge in [-0.25, -0.2) is 4.98 Å². The molecule has 1 fully saturated rings. The lowest BCUT2D eigenvalue weighted by Gasteiger charge is -2.15. The van der Waals surface area contributed by atoms with Crippen LogP contribution in [0.4, 0.5) is 5.82 Å². The summed E-state index contributed by atoms with van der Waals surface area (Å²) in [6, 6.07) is 5.06. The van der Waals surface area contributed by atoms with Crippen LogP contribution in [0.1, 0.15) is 47.9 Å². The average Bonchev–Trinajstić information content (AvgIpc) is 3.53. The van der Waals surface area contributed by atoms with Crippen LogP contribution in [0.2, 0.25) is 5.02 Å². The molecule has 1 unspecified atom stereocenters. The molecule has 9 nitrogen and oxygen atoms in total. The van der Waals surface area contributed by atoms with Gasteiger partial charge in [0, 0.05) is 25.2 Å². The Kier molecular flexibility index (Phi) is 7.69. The fraction of sp³-hybridized carbons (Fsp3) is 0.333. The molecule has 1 aromatic carbocycles. The molecule has 2 aromatic heterocycles. The second-order valence-electron chi connectivity index (χ2n) is 9.21. The van der Waals surface area contributed by atoms with Crippen molar-refractivity contribution in [1.82, 2.24) is 25.0 Å². The number of fused-ring (bicyclic) bond motifs is 1. The first-order valence-electron chi connectivity index (χ1n) is 11.9. The quantitative estimate of drug-likeness (QED) is 0.380. The Labute approximate surface area is 220 Å². The number of nitrogens with one attached hydrogen (secondary N) is 1. The van der Waals surface area contributed by atoms with E-state index < -0.39 is 0 Å². The van der Waals surface area contributed by atoms with Crippen LogP contribution in [0.25, 0.3) is 10.9 Å². The van der Waals surface area contributed by atoms with Gasteiger partial charge in [-0.05, 0) is 42.5 Å². The number of nitrogens with zero attached hydrogens (tertiary/aromatic N) is 4. The van der Waals surface area contributed by atoms with Gasteiger partial charge in [-0.2, -0.15) is 5.10 Å². The Bertz CT molecular complexity index is 1440. The molecule has 1 aliphatic heterocycles. The maximum absolute atomic E-state index is 12.5. The van der Waals surface area contributed by atoms with E-state index in [1.165, 1.54) is 19.4 Å². The minimum Gasteiger partial charge on any atom is -0.496 e. The fourth-order valence-corrected chi connectivity index (χ4v) is 4.49. The summed E-state index contributed by atoms with van der Waals surface area (Å²) in [5.74, 6) is 6.87. The molecule has 0 aliphatic carbocycles. The number of ether oxygens (including phenoxy) is 1. The zero-order chi connectivity index (χ0) is 26.7. The highest BCUT2D eigenvalue weighted by atomic mass is 35.5. The third kappa shape index (κ3) is 5.39. The van der Waals surface area contributed by atoms with Crippen molar-refractivity contribution in [2.75, 3.05) is 32.5 Å². The number of aromatic nitrogens is 3. The van der Waals surface area contributed by atoms with Crippen LogP contribution >= 0.6 is 11.6 Å². The number of pyridine rings is 1.